The molecule has 0 radical (unpaired) electrons. The molecule has 18 heavy (non-hydrogen) atoms. The highest BCUT2D eigenvalue weighted by Gasteiger charge is 2.28. The fourth-order valence-electron chi connectivity index (χ4n) is 1.23. The van der Waals surface area contributed by atoms with Crippen molar-refractivity contribution in [2.75, 3.05) is 0 Å². The molecular formula is C11H17NO5S. The standard InChI is InChI=1S/C11H17NO5S/c1-7-9(10(13)14)5-8(17-7)6-12-18(15,16)11(2,3)4/h5,12H,6H2,1-4H3,(H,13,14). The summed E-state index contributed by atoms with van der Waals surface area (Å²) in [5.41, 5.74) is 0.0416. The van der Waals surface area contributed by atoms with E-state index in [1.165, 1.54) is 13.0 Å². The highest BCUT2D eigenvalue weighted by Crippen LogP contribution is 2.17. The van der Waals surface area contributed by atoms with E-state index >= 15 is 0 Å². The average Bonchev–Trinajstić information content (AvgIpc) is 2.55. The quantitative estimate of drug-likeness (QED) is 0.868. The second-order valence-corrected chi connectivity index (χ2v) is 7.44. The predicted molar refractivity (Wildman–Crippen MR) is 65.9 cm³/mol. The first-order valence-corrected chi connectivity index (χ1v) is 6.85. The monoisotopic (exact) mass is 275 g/mol. The van der Waals surface area contributed by atoms with Crippen LogP contribution in [0.25, 0.3) is 0 Å². The fraction of sp³-hybridized carbons (Fsp3) is 0.545. The Morgan fingerprint density at radius 1 is 1.44 bits per heavy atom. The van der Waals surface area contributed by atoms with Gasteiger partial charge >= 0.3 is 5.97 Å². The summed E-state index contributed by atoms with van der Waals surface area (Å²) in [6, 6.07) is 1.32. The van der Waals surface area contributed by atoms with Gasteiger partial charge in [-0.3, -0.25) is 0 Å². The number of carboxylic acids is 1. The van der Waals surface area contributed by atoms with Gasteiger partial charge in [0.05, 0.1) is 11.3 Å². The molecule has 0 saturated heterocycles. The van der Waals surface area contributed by atoms with E-state index < -0.39 is 20.7 Å². The van der Waals surface area contributed by atoms with Crippen LogP contribution in [0.15, 0.2) is 10.5 Å². The summed E-state index contributed by atoms with van der Waals surface area (Å²) in [7, 11) is -3.48. The number of aryl methyl sites for hydroxylation is 1. The van der Waals surface area contributed by atoms with Gasteiger partial charge in [-0.1, -0.05) is 0 Å². The molecule has 0 aliphatic heterocycles. The Kier molecular flexibility index (Phi) is 3.87. The lowest BCUT2D eigenvalue weighted by atomic mass is 10.2. The third-order valence-electron chi connectivity index (χ3n) is 2.44. The number of carboxylic acid groups (broad SMARTS) is 1. The van der Waals surface area contributed by atoms with Gasteiger partial charge in [-0.25, -0.2) is 17.9 Å². The van der Waals surface area contributed by atoms with Crippen LogP contribution in [-0.2, 0) is 16.6 Å². The summed E-state index contributed by atoms with van der Waals surface area (Å²) >= 11 is 0. The summed E-state index contributed by atoms with van der Waals surface area (Å²) in [6.45, 7) is 6.18. The zero-order valence-electron chi connectivity index (χ0n) is 10.8. The summed E-state index contributed by atoms with van der Waals surface area (Å²) in [6.07, 6.45) is 0. The number of carbonyl (C=O) groups is 1. The maximum Gasteiger partial charge on any atom is 0.339 e. The number of furan rings is 1. The molecule has 0 saturated carbocycles. The molecule has 1 aromatic heterocycles. The molecule has 0 amide bonds. The van der Waals surface area contributed by atoms with Gasteiger partial charge in [0.1, 0.15) is 17.1 Å². The summed E-state index contributed by atoms with van der Waals surface area (Å²) in [4.78, 5) is 10.8. The number of hydrogen-bond donors (Lipinski definition) is 2. The maximum atomic E-state index is 11.8. The van der Waals surface area contributed by atoms with E-state index in [0.717, 1.165) is 0 Å². The Morgan fingerprint density at radius 3 is 2.39 bits per heavy atom. The zero-order valence-corrected chi connectivity index (χ0v) is 11.6. The third-order valence-corrected chi connectivity index (χ3v) is 4.58. The largest absolute Gasteiger partial charge is 0.478 e. The molecule has 1 aromatic rings. The topological polar surface area (TPSA) is 96.6 Å². The van der Waals surface area contributed by atoms with E-state index in [0.29, 0.717) is 0 Å². The van der Waals surface area contributed by atoms with Gasteiger partial charge in [-0.05, 0) is 33.8 Å². The minimum atomic E-state index is -3.48. The molecule has 1 heterocycles. The van der Waals surface area contributed by atoms with E-state index in [1.54, 1.807) is 20.8 Å². The number of nitrogens with one attached hydrogen (secondary N) is 1. The molecule has 0 bridgehead atoms. The van der Waals surface area contributed by atoms with Crippen molar-refractivity contribution in [3.05, 3.63) is 23.2 Å². The minimum Gasteiger partial charge on any atom is -0.478 e. The molecule has 102 valence electrons. The van der Waals surface area contributed by atoms with E-state index in [1.807, 2.05) is 0 Å². The van der Waals surface area contributed by atoms with Gasteiger partial charge < -0.3 is 9.52 Å². The first-order valence-electron chi connectivity index (χ1n) is 5.36. The highest BCUT2D eigenvalue weighted by molar-refractivity contribution is 7.90. The molecule has 0 aliphatic carbocycles. The van der Waals surface area contributed by atoms with Crippen molar-refractivity contribution in [3.63, 3.8) is 0 Å². The Bertz CT molecular complexity index is 550. The first kappa shape index (κ1) is 14.7. The zero-order chi connectivity index (χ0) is 14.1. The summed E-state index contributed by atoms with van der Waals surface area (Å²) in [5, 5.41) is 8.84. The SMILES string of the molecule is Cc1oc(CNS(=O)(=O)C(C)(C)C)cc1C(=O)O. The van der Waals surface area contributed by atoms with Crippen molar-refractivity contribution in [1.82, 2.24) is 4.72 Å². The summed E-state index contributed by atoms with van der Waals surface area (Å²) in [5.74, 6) is -0.564. The van der Waals surface area contributed by atoms with Gasteiger partial charge in [0.2, 0.25) is 10.0 Å². The van der Waals surface area contributed by atoms with Gasteiger partial charge in [0.15, 0.2) is 0 Å². The van der Waals surface area contributed by atoms with Gasteiger partial charge in [-0.2, -0.15) is 0 Å². The molecular weight excluding hydrogens is 258 g/mol. The van der Waals surface area contributed by atoms with Crippen LogP contribution in [0, 0.1) is 6.92 Å². The smallest absolute Gasteiger partial charge is 0.339 e. The Labute approximate surface area is 106 Å². The Balaban J connectivity index is 2.83. The molecule has 0 atom stereocenters. The molecule has 0 fully saturated rings. The molecule has 7 heteroatoms. The van der Waals surface area contributed by atoms with Crippen molar-refractivity contribution in [2.24, 2.45) is 0 Å². The van der Waals surface area contributed by atoms with Crippen LogP contribution < -0.4 is 4.72 Å². The second-order valence-electron chi connectivity index (χ2n) is 4.92. The van der Waals surface area contributed by atoms with Crippen LogP contribution in [0.5, 0.6) is 0 Å². The predicted octanol–water partition coefficient (Wildman–Crippen LogP) is 1.50. The number of rotatable bonds is 4. The molecule has 1 rings (SSSR count). The minimum absolute atomic E-state index is 0.0416. The van der Waals surface area contributed by atoms with Crippen LogP contribution in [-0.4, -0.2) is 24.2 Å². The fourth-order valence-corrected chi connectivity index (χ4v) is 1.99. The lowest BCUT2D eigenvalue weighted by molar-refractivity contribution is 0.0695. The first-order chi connectivity index (χ1) is 8.04. The van der Waals surface area contributed by atoms with Crippen LogP contribution in [0.4, 0.5) is 0 Å². The van der Waals surface area contributed by atoms with Gasteiger partial charge in [0, 0.05) is 0 Å². The van der Waals surface area contributed by atoms with Crippen molar-refractivity contribution in [1.29, 1.82) is 0 Å². The lowest BCUT2D eigenvalue weighted by Crippen LogP contribution is -2.38. The second kappa shape index (κ2) is 4.74. The van der Waals surface area contributed by atoms with Gasteiger partial charge in [-0.15, -0.1) is 0 Å². The highest BCUT2D eigenvalue weighted by atomic mass is 32.2. The molecule has 0 unspecified atom stereocenters. The lowest BCUT2D eigenvalue weighted by Gasteiger charge is -2.19. The molecule has 0 spiro atoms. The van der Waals surface area contributed by atoms with Crippen LogP contribution in [0.2, 0.25) is 0 Å². The van der Waals surface area contributed by atoms with Gasteiger partial charge in [0.25, 0.3) is 0 Å². The molecule has 6 nitrogen and oxygen atoms in total. The third kappa shape index (κ3) is 3.11. The van der Waals surface area contributed by atoms with Crippen molar-refractivity contribution in [3.8, 4) is 0 Å². The van der Waals surface area contributed by atoms with E-state index in [2.05, 4.69) is 4.72 Å². The normalized spacial score (nSPS) is 12.7. The van der Waals surface area contributed by atoms with E-state index in [9.17, 15) is 13.2 Å². The van der Waals surface area contributed by atoms with Crippen LogP contribution in [0.1, 0.15) is 42.6 Å². The Hall–Kier alpha value is -1.34. The van der Waals surface area contributed by atoms with Crippen LogP contribution >= 0.6 is 0 Å². The van der Waals surface area contributed by atoms with E-state index in [-0.39, 0.29) is 23.6 Å². The average molecular weight is 275 g/mol. The van der Waals surface area contributed by atoms with E-state index in [4.69, 9.17) is 9.52 Å². The number of aromatic carboxylic acids is 1. The maximum absolute atomic E-state index is 11.8. The number of hydrogen-bond acceptors (Lipinski definition) is 4. The number of sulfonamides is 1. The van der Waals surface area contributed by atoms with Crippen molar-refractivity contribution >= 4 is 16.0 Å². The molecule has 0 aromatic carbocycles. The Morgan fingerprint density at radius 2 is 2.00 bits per heavy atom. The molecule has 2 N–H and O–H groups in total. The van der Waals surface area contributed by atoms with Crippen molar-refractivity contribution in [2.45, 2.75) is 39.0 Å². The van der Waals surface area contributed by atoms with Crippen LogP contribution in [0.3, 0.4) is 0 Å². The van der Waals surface area contributed by atoms with Crippen molar-refractivity contribution < 1.29 is 22.7 Å². The summed E-state index contributed by atoms with van der Waals surface area (Å²) < 4.78 is 30.2. The molecule has 0 aliphatic rings.